The second-order valence-electron chi connectivity index (χ2n) is 3.97. The Hall–Kier alpha value is -0.840. The summed E-state index contributed by atoms with van der Waals surface area (Å²) in [5, 5.41) is 0. The fraction of sp³-hybridized carbons (Fsp3) is 0.600. The normalized spacial score (nSPS) is 43.7. The zero-order valence-electron chi connectivity index (χ0n) is 7.51. The Balaban J connectivity index is 1.76. The zero-order chi connectivity index (χ0) is 9.12. The molecule has 0 aromatic carbocycles. The molecule has 14 heavy (non-hydrogen) atoms. The molecule has 4 unspecified atom stereocenters. The maximum Gasteiger partial charge on any atom is 0.144 e. The van der Waals surface area contributed by atoms with Crippen LogP contribution in [0.25, 0.3) is 0 Å². The molecule has 3 aliphatic rings. The zero-order valence-corrected chi connectivity index (χ0v) is 7.51. The van der Waals surface area contributed by atoms with E-state index in [0.717, 1.165) is 11.3 Å². The van der Waals surface area contributed by atoms with Crippen molar-refractivity contribution in [3.05, 3.63) is 23.7 Å². The van der Waals surface area contributed by atoms with E-state index in [1.807, 2.05) is 6.07 Å². The standard InChI is InChI=1S/C10H10O4/c1-2-12-9-5(1)8-6(13-8)3-11-4-7-10(9)14-7/h1-2,6-8,10H,3-4H2. The first kappa shape index (κ1) is 7.45. The van der Waals surface area contributed by atoms with Gasteiger partial charge in [-0.1, -0.05) is 0 Å². The van der Waals surface area contributed by atoms with Gasteiger partial charge in [0.1, 0.15) is 30.2 Å². The summed E-state index contributed by atoms with van der Waals surface area (Å²) < 4.78 is 21.9. The van der Waals surface area contributed by atoms with E-state index in [9.17, 15) is 0 Å². The third kappa shape index (κ3) is 0.932. The number of epoxide rings is 2. The Morgan fingerprint density at radius 3 is 2.79 bits per heavy atom. The second kappa shape index (κ2) is 2.39. The van der Waals surface area contributed by atoms with Gasteiger partial charge in [0.25, 0.3) is 0 Å². The van der Waals surface area contributed by atoms with Crippen molar-refractivity contribution in [2.24, 2.45) is 0 Å². The highest BCUT2D eigenvalue weighted by atomic mass is 16.6. The van der Waals surface area contributed by atoms with E-state index in [-0.39, 0.29) is 24.4 Å². The summed E-state index contributed by atoms with van der Waals surface area (Å²) in [7, 11) is 0. The summed E-state index contributed by atoms with van der Waals surface area (Å²) in [5.74, 6) is 0.938. The number of furan rings is 1. The lowest BCUT2D eigenvalue weighted by atomic mass is 10.1. The van der Waals surface area contributed by atoms with Gasteiger partial charge in [0.05, 0.1) is 19.5 Å². The molecule has 4 rings (SSSR count). The molecule has 1 aromatic heterocycles. The van der Waals surface area contributed by atoms with Crippen LogP contribution >= 0.6 is 0 Å². The van der Waals surface area contributed by atoms with Crippen molar-refractivity contribution in [3.8, 4) is 0 Å². The summed E-state index contributed by atoms with van der Waals surface area (Å²) in [5.41, 5.74) is 1.15. The predicted octanol–water partition coefficient (Wildman–Crippen LogP) is 1.19. The summed E-state index contributed by atoms with van der Waals surface area (Å²) in [4.78, 5) is 0. The second-order valence-corrected chi connectivity index (χ2v) is 3.97. The van der Waals surface area contributed by atoms with Crippen LogP contribution in [-0.4, -0.2) is 25.4 Å². The van der Waals surface area contributed by atoms with Crippen molar-refractivity contribution in [1.82, 2.24) is 0 Å². The topological polar surface area (TPSA) is 47.4 Å². The Kier molecular flexibility index (Phi) is 1.27. The van der Waals surface area contributed by atoms with Crippen molar-refractivity contribution in [1.29, 1.82) is 0 Å². The molecule has 1 aromatic rings. The summed E-state index contributed by atoms with van der Waals surface area (Å²) in [6.07, 6.45) is 2.40. The van der Waals surface area contributed by atoms with Gasteiger partial charge in [-0.15, -0.1) is 0 Å². The van der Waals surface area contributed by atoms with Gasteiger partial charge >= 0.3 is 0 Å². The summed E-state index contributed by atoms with van der Waals surface area (Å²) in [6.45, 7) is 1.32. The largest absolute Gasteiger partial charge is 0.466 e. The van der Waals surface area contributed by atoms with Gasteiger partial charge in [-0.2, -0.15) is 0 Å². The molecule has 0 spiro atoms. The van der Waals surface area contributed by atoms with Crippen LogP contribution in [0.5, 0.6) is 0 Å². The van der Waals surface area contributed by atoms with Crippen molar-refractivity contribution >= 4 is 0 Å². The minimum absolute atomic E-state index is 0.1000. The molecule has 4 heterocycles. The minimum atomic E-state index is 0.1000. The van der Waals surface area contributed by atoms with E-state index in [4.69, 9.17) is 18.6 Å². The number of rotatable bonds is 0. The van der Waals surface area contributed by atoms with E-state index in [1.165, 1.54) is 0 Å². The maximum atomic E-state index is 5.50. The molecule has 0 N–H and O–H groups in total. The molecule has 0 saturated carbocycles. The lowest BCUT2D eigenvalue weighted by molar-refractivity contribution is 0.102. The Labute approximate surface area is 80.7 Å². The Bertz CT molecular complexity index is 339. The van der Waals surface area contributed by atoms with E-state index >= 15 is 0 Å². The lowest BCUT2D eigenvalue weighted by Gasteiger charge is -1.96. The molecule has 0 amide bonds. The van der Waals surface area contributed by atoms with Gasteiger partial charge in [0.2, 0.25) is 0 Å². The lowest BCUT2D eigenvalue weighted by Crippen LogP contribution is -2.06. The number of fused-ring (bicyclic) bond motifs is 5. The first-order chi connectivity index (χ1) is 6.93. The number of hydrogen-bond donors (Lipinski definition) is 0. The van der Waals surface area contributed by atoms with Crippen LogP contribution in [0.3, 0.4) is 0 Å². The third-order valence-corrected chi connectivity index (χ3v) is 3.02. The fourth-order valence-electron chi connectivity index (χ4n) is 2.14. The maximum absolute atomic E-state index is 5.50. The van der Waals surface area contributed by atoms with E-state index < -0.39 is 0 Å². The molecule has 4 atom stereocenters. The van der Waals surface area contributed by atoms with Crippen molar-refractivity contribution in [3.63, 3.8) is 0 Å². The van der Waals surface area contributed by atoms with Gasteiger partial charge in [-0.25, -0.2) is 0 Å². The molecule has 4 nitrogen and oxygen atoms in total. The SMILES string of the molecule is c1cc2c(o1)C1OC1COCC1OC21. The first-order valence-corrected chi connectivity index (χ1v) is 4.89. The molecule has 2 fully saturated rings. The van der Waals surface area contributed by atoms with E-state index in [2.05, 4.69) is 0 Å². The average molecular weight is 194 g/mol. The van der Waals surface area contributed by atoms with Crippen LogP contribution in [0.15, 0.2) is 16.7 Å². The molecule has 74 valence electrons. The smallest absolute Gasteiger partial charge is 0.144 e. The molecular weight excluding hydrogens is 184 g/mol. The monoisotopic (exact) mass is 194 g/mol. The highest BCUT2D eigenvalue weighted by Crippen LogP contribution is 2.49. The first-order valence-electron chi connectivity index (χ1n) is 4.89. The summed E-state index contributed by atoms with van der Waals surface area (Å²) >= 11 is 0. The van der Waals surface area contributed by atoms with Crippen LogP contribution < -0.4 is 0 Å². The Morgan fingerprint density at radius 1 is 1.07 bits per heavy atom. The minimum Gasteiger partial charge on any atom is -0.466 e. The van der Waals surface area contributed by atoms with Gasteiger partial charge in [0, 0.05) is 5.56 Å². The van der Waals surface area contributed by atoms with Crippen LogP contribution in [0, 0.1) is 0 Å². The fourth-order valence-corrected chi connectivity index (χ4v) is 2.14. The van der Waals surface area contributed by atoms with Crippen molar-refractivity contribution in [2.75, 3.05) is 13.2 Å². The van der Waals surface area contributed by atoms with Crippen LogP contribution in [0.2, 0.25) is 0 Å². The molecule has 4 heteroatoms. The quantitative estimate of drug-likeness (QED) is 0.582. The molecule has 0 aliphatic carbocycles. The predicted molar refractivity (Wildman–Crippen MR) is 44.8 cm³/mol. The average Bonchev–Trinajstić information content (AvgIpc) is 3.08. The highest BCUT2D eigenvalue weighted by molar-refractivity contribution is 5.29. The third-order valence-electron chi connectivity index (χ3n) is 3.02. The van der Waals surface area contributed by atoms with Crippen molar-refractivity contribution in [2.45, 2.75) is 24.4 Å². The van der Waals surface area contributed by atoms with E-state index in [0.29, 0.717) is 13.2 Å². The molecule has 0 bridgehead atoms. The van der Waals surface area contributed by atoms with Gasteiger partial charge in [-0.05, 0) is 6.07 Å². The summed E-state index contributed by atoms with van der Waals surface area (Å²) in [6, 6.07) is 1.98. The van der Waals surface area contributed by atoms with Crippen LogP contribution in [0.4, 0.5) is 0 Å². The molecule has 0 radical (unpaired) electrons. The molecule has 2 saturated heterocycles. The molecular formula is C10H10O4. The number of hydrogen-bond acceptors (Lipinski definition) is 4. The van der Waals surface area contributed by atoms with Gasteiger partial charge in [0.15, 0.2) is 0 Å². The molecule has 3 aliphatic heterocycles. The van der Waals surface area contributed by atoms with Crippen LogP contribution in [-0.2, 0) is 14.2 Å². The van der Waals surface area contributed by atoms with Crippen LogP contribution in [0.1, 0.15) is 23.5 Å². The number of ether oxygens (including phenoxy) is 3. The van der Waals surface area contributed by atoms with Gasteiger partial charge in [-0.3, -0.25) is 0 Å². The van der Waals surface area contributed by atoms with E-state index in [1.54, 1.807) is 6.26 Å². The Morgan fingerprint density at radius 2 is 1.86 bits per heavy atom. The highest BCUT2D eigenvalue weighted by Gasteiger charge is 2.51. The van der Waals surface area contributed by atoms with Gasteiger partial charge < -0.3 is 18.6 Å². The van der Waals surface area contributed by atoms with Crippen molar-refractivity contribution < 1.29 is 18.6 Å².